The lowest BCUT2D eigenvalue weighted by atomic mass is 10.1. The Morgan fingerprint density at radius 1 is 0.833 bits per heavy atom. The van der Waals surface area contributed by atoms with Gasteiger partial charge in [-0.25, -0.2) is 0 Å². The van der Waals surface area contributed by atoms with Crippen molar-refractivity contribution in [3.8, 4) is 11.5 Å². The third-order valence-electron chi connectivity index (χ3n) is 6.66. The van der Waals surface area contributed by atoms with Gasteiger partial charge in [0, 0.05) is 18.6 Å². The number of ether oxygens (including phenoxy) is 2. The van der Waals surface area contributed by atoms with Gasteiger partial charge in [0.05, 0.1) is 20.1 Å². The van der Waals surface area contributed by atoms with Gasteiger partial charge in [-0.3, -0.25) is 10.1 Å². The van der Waals surface area contributed by atoms with Crippen LogP contribution in [0.25, 0.3) is 0 Å². The Bertz CT molecular complexity index is 841. The second kappa shape index (κ2) is 18.7. The quantitative estimate of drug-likeness (QED) is 0.154. The maximum atomic E-state index is 12.7. The minimum atomic E-state index is -0.0567. The number of nitrogens with one attached hydrogen (secondary N) is 1. The molecule has 0 aliphatic carbocycles. The van der Waals surface area contributed by atoms with Crippen LogP contribution in [0.4, 0.5) is 0 Å². The molecule has 1 N–H and O–H groups in total. The zero-order chi connectivity index (χ0) is 25.8. The Balaban J connectivity index is 1.64. The van der Waals surface area contributed by atoms with E-state index >= 15 is 0 Å². The van der Waals surface area contributed by atoms with Gasteiger partial charge >= 0.3 is 0 Å². The SMILES string of the molecule is CCCCCCCCCCCCCCOc1ccc(CC(=O)NC(CC)[n+]2ccccc2)cc1OC. The Morgan fingerprint density at radius 3 is 2.03 bits per heavy atom. The molecular weight excluding hydrogens is 448 g/mol. The summed E-state index contributed by atoms with van der Waals surface area (Å²) in [5.74, 6) is 1.42. The predicted octanol–water partition coefficient (Wildman–Crippen LogP) is 7.33. The third kappa shape index (κ3) is 11.9. The number of hydrogen-bond acceptors (Lipinski definition) is 3. The van der Waals surface area contributed by atoms with E-state index in [1.165, 1.54) is 70.6 Å². The van der Waals surface area contributed by atoms with Crippen LogP contribution in [0.15, 0.2) is 48.8 Å². The number of carbonyl (C=O) groups excluding carboxylic acids is 1. The number of methoxy groups -OCH3 is 1. The average molecular weight is 498 g/mol. The van der Waals surface area contributed by atoms with E-state index in [0.717, 1.165) is 24.2 Å². The number of amides is 1. The van der Waals surface area contributed by atoms with E-state index in [0.29, 0.717) is 18.8 Å². The molecule has 0 fully saturated rings. The first-order chi connectivity index (χ1) is 17.7. The summed E-state index contributed by atoms with van der Waals surface area (Å²) in [6.07, 6.45) is 21.0. The monoisotopic (exact) mass is 497 g/mol. The van der Waals surface area contributed by atoms with Crippen LogP contribution in [0.3, 0.4) is 0 Å². The van der Waals surface area contributed by atoms with Crippen LogP contribution in [0.5, 0.6) is 11.5 Å². The van der Waals surface area contributed by atoms with Crippen LogP contribution < -0.4 is 19.4 Å². The van der Waals surface area contributed by atoms with E-state index in [4.69, 9.17) is 9.47 Å². The van der Waals surface area contributed by atoms with Gasteiger partial charge < -0.3 is 9.47 Å². The Kier molecular flexibility index (Phi) is 15.4. The van der Waals surface area contributed by atoms with Crippen LogP contribution in [0, 0.1) is 0 Å². The highest BCUT2D eigenvalue weighted by molar-refractivity contribution is 5.78. The summed E-state index contributed by atoms with van der Waals surface area (Å²) in [5.41, 5.74) is 0.912. The number of benzene rings is 1. The molecule has 1 atom stereocenters. The molecule has 5 heteroatoms. The first-order valence-corrected chi connectivity index (χ1v) is 14.2. The molecule has 1 aromatic heterocycles. The molecule has 2 aromatic rings. The first kappa shape index (κ1) is 29.7. The molecule has 0 saturated heterocycles. The molecule has 5 nitrogen and oxygen atoms in total. The van der Waals surface area contributed by atoms with E-state index in [-0.39, 0.29) is 12.1 Å². The summed E-state index contributed by atoms with van der Waals surface area (Å²) in [7, 11) is 1.65. The van der Waals surface area contributed by atoms with Crippen molar-refractivity contribution < 1.29 is 18.8 Å². The van der Waals surface area contributed by atoms with E-state index in [2.05, 4.69) is 19.2 Å². The smallest absolute Gasteiger partial charge is 0.233 e. The van der Waals surface area contributed by atoms with E-state index in [1.54, 1.807) is 7.11 Å². The molecular formula is C31H49N2O3+. The van der Waals surface area contributed by atoms with Gasteiger partial charge in [0.25, 0.3) is 0 Å². The minimum absolute atomic E-state index is 0.00887. The normalized spacial score (nSPS) is 11.8. The molecule has 200 valence electrons. The highest BCUT2D eigenvalue weighted by atomic mass is 16.5. The fourth-order valence-corrected chi connectivity index (χ4v) is 4.50. The highest BCUT2D eigenvalue weighted by Gasteiger charge is 2.18. The van der Waals surface area contributed by atoms with Gasteiger partial charge in [0.2, 0.25) is 12.1 Å². The molecule has 0 aliphatic rings. The van der Waals surface area contributed by atoms with Crippen LogP contribution in [0.1, 0.15) is 109 Å². The zero-order valence-electron chi connectivity index (χ0n) is 23.0. The second-order valence-corrected chi connectivity index (χ2v) is 9.71. The summed E-state index contributed by atoms with van der Waals surface area (Å²) in [5, 5.41) is 3.12. The summed E-state index contributed by atoms with van der Waals surface area (Å²) in [6, 6.07) is 11.7. The van der Waals surface area contributed by atoms with Crippen LogP contribution in [-0.4, -0.2) is 19.6 Å². The topological polar surface area (TPSA) is 51.4 Å². The molecule has 2 rings (SSSR count). The van der Waals surface area contributed by atoms with Crippen molar-refractivity contribution in [1.29, 1.82) is 0 Å². The largest absolute Gasteiger partial charge is 0.493 e. The van der Waals surface area contributed by atoms with E-state index in [9.17, 15) is 4.79 Å². The lowest BCUT2D eigenvalue weighted by Gasteiger charge is -2.14. The van der Waals surface area contributed by atoms with Gasteiger partial charge in [0.15, 0.2) is 23.9 Å². The van der Waals surface area contributed by atoms with Gasteiger partial charge in [-0.05, 0) is 24.1 Å². The molecule has 0 spiro atoms. The molecule has 36 heavy (non-hydrogen) atoms. The van der Waals surface area contributed by atoms with Crippen molar-refractivity contribution in [2.75, 3.05) is 13.7 Å². The molecule has 1 aromatic carbocycles. The number of nitrogens with zero attached hydrogens (tertiary/aromatic N) is 1. The molecule has 0 radical (unpaired) electrons. The number of rotatable bonds is 20. The highest BCUT2D eigenvalue weighted by Crippen LogP contribution is 2.28. The Labute approximate surface area is 219 Å². The maximum Gasteiger partial charge on any atom is 0.233 e. The van der Waals surface area contributed by atoms with Crippen LogP contribution in [-0.2, 0) is 11.2 Å². The number of hydrogen-bond donors (Lipinski definition) is 1. The molecule has 1 amide bonds. The lowest BCUT2D eigenvalue weighted by Crippen LogP contribution is -2.49. The average Bonchev–Trinajstić information content (AvgIpc) is 2.91. The summed E-state index contributed by atoms with van der Waals surface area (Å²) >= 11 is 0. The lowest BCUT2D eigenvalue weighted by molar-refractivity contribution is -0.727. The molecule has 1 unspecified atom stereocenters. The van der Waals surface area contributed by atoms with Crippen molar-refractivity contribution in [3.63, 3.8) is 0 Å². The summed E-state index contributed by atoms with van der Waals surface area (Å²) < 4.78 is 13.6. The van der Waals surface area contributed by atoms with Crippen LogP contribution >= 0.6 is 0 Å². The van der Waals surface area contributed by atoms with Gasteiger partial charge in [-0.15, -0.1) is 0 Å². The first-order valence-electron chi connectivity index (χ1n) is 14.2. The zero-order valence-corrected chi connectivity index (χ0v) is 23.0. The summed E-state index contributed by atoms with van der Waals surface area (Å²) in [6.45, 7) is 5.03. The van der Waals surface area contributed by atoms with Crippen molar-refractivity contribution in [3.05, 3.63) is 54.4 Å². The van der Waals surface area contributed by atoms with Crippen LogP contribution in [0.2, 0.25) is 0 Å². The Morgan fingerprint density at radius 2 is 1.44 bits per heavy atom. The van der Waals surface area contributed by atoms with E-state index < -0.39 is 0 Å². The van der Waals surface area contributed by atoms with Crippen molar-refractivity contribution in [1.82, 2.24) is 5.32 Å². The number of unbranched alkanes of at least 4 members (excludes halogenated alkanes) is 11. The van der Waals surface area contributed by atoms with Gasteiger partial charge in [0.1, 0.15) is 0 Å². The van der Waals surface area contributed by atoms with Gasteiger partial charge in [-0.2, -0.15) is 4.57 Å². The number of pyridine rings is 1. The third-order valence-corrected chi connectivity index (χ3v) is 6.66. The van der Waals surface area contributed by atoms with E-state index in [1.807, 2.05) is 53.4 Å². The fraction of sp³-hybridized carbons (Fsp3) is 0.613. The predicted molar refractivity (Wildman–Crippen MR) is 147 cm³/mol. The molecule has 0 bridgehead atoms. The second-order valence-electron chi connectivity index (χ2n) is 9.71. The van der Waals surface area contributed by atoms with Crippen molar-refractivity contribution in [2.24, 2.45) is 0 Å². The Hall–Kier alpha value is -2.56. The standard InChI is InChI=1S/C31H48N2O3/c1-4-6-7-8-9-10-11-12-13-14-15-19-24-36-28-21-20-27(25-29(28)35-3)26-31(34)32-30(5-2)33-22-17-16-18-23-33/h16-18,20-23,25,30H,4-15,19,24,26H2,1-3H3/p+1. The fourth-order valence-electron chi connectivity index (χ4n) is 4.50. The van der Waals surface area contributed by atoms with Crippen molar-refractivity contribution in [2.45, 2.75) is 110 Å². The summed E-state index contributed by atoms with van der Waals surface area (Å²) in [4.78, 5) is 12.7. The van der Waals surface area contributed by atoms with Gasteiger partial charge in [-0.1, -0.05) is 96.6 Å². The molecule has 0 saturated carbocycles. The number of aromatic nitrogens is 1. The maximum absolute atomic E-state index is 12.7. The molecule has 1 heterocycles. The number of carbonyl (C=O) groups is 1. The van der Waals surface area contributed by atoms with Crippen molar-refractivity contribution >= 4 is 5.91 Å². The minimum Gasteiger partial charge on any atom is -0.493 e. The molecule has 0 aliphatic heterocycles.